The molecule has 1 atom stereocenters. The van der Waals surface area contributed by atoms with Gasteiger partial charge in [0.25, 0.3) is 0 Å². The quantitative estimate of drug-likeness (QED) is 0.479. The zero-order valence-corrected chi connectivity index (χ0v) is 17.8. The van der Waals surface area contributed by atoms with Crippen LogP contribution >= 0.6 is 11.3 Å². The van der Waals surface area contributed by atoms with Crippen molar-refractivity contribution in [3.8, 4) is 16.6 Å². The van der Waals surface area contributed by atoms with Crippen LogP contribution in [0.2, 0.25) is 0 Å². The molecular weight excluding hydrogens is 398 g/mol. The zero-order valence-electron chi connectivity index (χ0n) is 17.0. The van der Waals surface area contributed by atoms with E-state index in [0.717, 1.165) is 37.9 Å². The Morgan fingerprint density at radius 3 is 2.63 bits per heavy atom. The first kappa shape index (κ1) is 18.8. The van der Waals surface area contributed by atoms with Crippen LogP contribution in [0, 0.1) is 6.92 Å². The van der Waals surface area contributed by atoms with Crippen LogP contribution in [0.15, 0.2) is 42.5 Å². The molecule has 0 saturated carbocycles. The Morgan fingerprint density at radius 1 is 1.07 bits per heavy atom. The molecule has 5 rings (SSSR count). The minimum Gasteiger partial charge on any atom is -0.493 e. The number of para-hydroxylation sites is 1. The van der Waals surface area contributed by atoms with E-state index in [4.69, 9.17) is 19.6 Å². The fourth-order valence-corrected chi connectivity index (χ4v) is 5.15. The fraction of sp³-hybridized carbons (Fsp3) is 0.261. The molecule has 0 spiro atoms. The first-order valence-corrected chi connectivity index (χ1v) is 10.6. The van der Waals surface area contributed by atoms with Crippen molar-refractivity contribution in [2.45, 2.75) is 25.7 Å². The van der Waals surface area contributed by atoms with Gasteiger partial charge in [-0.05, 0) is 49.1 Å². The van der Waals surface area contributed by atoms with Gasteiger partial charge in [0.1, 0.15) is 0 Å². The molecule has 0 N–H and O–H groups in total. The summed E-state index contributed by atoms with van der Waals surface area (Å²) in [5.41, 5.74) is 4.44. The van der Waals surface area contributed by atoms with Crippen LogP contribution in [0.1, 0.15) is 39.6 Å². The maximum Gasteiger partial charge on any atom is 0.211 e. The number of nitrogens with zero attached hydrogens (tertiary/aromatic N) is 3. The average Bonchev–Trinajstić information content (AvgIpc) is 3.34. The molecule has 2 heterocycles. The van der Waals surface area contributed by atoms with E-state index in [1.807, 2.05) is 48.0 Å². The van der Waals surface area contributed by atoms with Crippen molar-refractivity contribution in [1.29, 1.82) is 0 Å². The second-order valence-electron chi connectivity index (χ2n) is 7.43. The van der Waals surface area contributed by atoms with Gasteiger partial charge in [0.2, 0.25) is 5.13 Å². The number of methoxy groups -OCH3 is 2. The van der Waals surface area contributed by atoms with Crippen molar-refractivity contribution in [3.05, 3.63) is 65.0 Å². The summed E-state index contributed by atoms with van der Waals surface area (Å²) in [5, 5.41) is 5.49. The Bertz CT molecular complexity index is 1240. The van der Waals surface area contributed by atoms with Gasteiger partial charge in [-0.2, -0.15) is 5.10 Å². The molecule has 7 heteroatoms. The summed E-state index contributed by atoms with van der Waals surface area (Å²) in [6.07, 6.45) is 1.17. The van der Waals surface area contributed by atoms with E-state index < -0.39 is 0 Å². The number of carbonyl (C=O) groups excluding carboxylic acids is 1. The Morgan fingerprint density at radius 2 is 1.87 bits per heavy atom. The van der Waals surface area contributed by atoms with Gasteiger partial charge in [-0.1, -0.05) is 29.5 Å². The molecule has 6 nitrogen and oxygen atoms in total. The van der Waals surface area contributed by atoms with Gasteiger partial charge < -0.3 is 9.47 Å². The van der Waals surface area contributed by atoms with Crippen molar-refractivity contribution in [3.63, 3.8) is 0 Å². The highest BCUT2D eigenvalue weighted by molar-refractivity contribution is 7.20. The molecule has 0 bridgehead atoms. The third-order valence-electron chi connectivity index (χ3n) is 5.65. The summed E-state index contributed by atoms with van der Waals surface area (Å²) in [4.78, 5) is 17.8. The third kappa shape index (κ3) is 2.97. The number of aryl methyl sites for hydroxylation is 1. The summed E-state index contributed by atoms with van der Waals surface area (Å²) in [6.45, 7) is 1.90. The molecule has 4 aromatic rings. The van der Waals surface area contributed by atoms with E-state index in [9.17, 15) is 4.79 Å². The number of carbonyl (C=O) groups is 1. The molecule has 0 amide bonds. The molecule has 30 heavy (non-hydrogen) atoms. The Balaban J connectivity index is 1.58. The molecule has 1 unspecified atom stereocenters. The molecule has 1 aliphatic carbocycles. The molecule has 0 aliphatic heterocycles. The van der Waals surface area contributed by atoms with E-state index in [1.54, 1.807) is 25.6 Å². The van der Waals surface area contributed by atoms with E-state index in [0.29, 0.717) is 24.3 Å². The number of hydrogen-bond acceptors (Lipinski definition) is 6. The van der Waals surface area contributed by atoms with E-state index in [2.05, 4.69) is 6.07 Å². The van der Waals surface area contributed by atoms with Crippen molar-refractivity contribution in [2.75, 3.05) is 14.2 Å². The van der Waals surface area contributed by atoms with E-state index in [-0.39, 0.29) is 11.7 Å². The number of fused-ring (bicyclic) bond motifs is 2. The first-order valence-electron chi connectivity index (χ1n) is 9.78. The average molecular weight is 420 g/mol. The molecule has 0 fully saturated rings. The van der Waals surface area contributed by atoms with Crippen molar-refractivity contribution in [2.24, 2.45) is 0 Å². The number of benzene rings is 2. The number of aromatic nitrogens is 3. The largest absolute Gasteiger partial charge is 0.493 e. The van der Waals surface area contributed by atoms with Gasteiger partial charge >= 0.3 is 0 Å². The lowest BCUT2D eigenvalue weighted by Crippen LogP contribution is -2.20. The molecular formula is C23H21N3O3S. The maximum absolute atomic E-state index is 13.1. The first-order chi connectivity index (χ1) is 14.6. The van der Waals surface area contributed by atoms with Gasteiger partial charge in [0.05, 0.1) is 41.4 Å². The van der Waals surface area contributed by atoms with Gasteiger partial charge in [-0.25, -0.2) is 9.67 Å². The van der Waals surface area contributed by atoms with Gasteiger partial charge in [0.15, 0.2) is 17.3 Å². The van der Waals surface area contributed by atoms with Gasteiger partial charge in [-0.3, -0.25) is 4.79 Å². The smallest absolute Gasteiger partial charge is 0.211 e. The number of Topliss-reactive ketones (excluding diaryl/α,β-unsaturated/α-hetero) is 1. The second-order valence-corrected chi connectivity index (χ2v) is 8.43. The SMILES string of the molecule is COc1ccc(C2CC(=O)c3c(C)nn(-c4nc5ccccc5s4)c3C2)cc1OC. The highest BCUT2D eigenvalue weighted by atomic mass is 32.1. The van der Waals surface area contributed by atoms with Gasteiger partial charge in [0, 0.05) is 6.42 Å². The summed E-state index contributed by atoms with van der Waals surface area (Å²) in [6, 6.07) is 13.9. The summed E-state index contributed by atoms with van der Waals surface area (Å²) in [5.74, 6) is 1.53. The normalized spacial score (nSPS) is 16.0. The maximum atomic E-state index is 13.1. The van der Waals surface area contributed by atoms with Gasteiger partial charge in [-0.15, -0.1) is 0 Å². The minimum atomic E-state index is 0.0500. The number of ketones is 1. The highest BCUT2D eigenvalue weighted by Crippen LogP contribution is 2.39. The highest BCUT2D eigenvalue weighted by Gasteiger charge is 2.33. The molecule has 0 saturated heterocycles. The van der Waals surface area contributed by atoms with Crippen LogP contribution in [-0.4, -0.2) is 34.8 Å². The zero-order chi connectivity index (χ0) is 20.8. The number of thiazole rings is 1. The lowest BCUT2D eigenvalue weighted by molar-refractivity contribution is 0.0963. The standard InChI is InChI=1S/C23H21N3O3S/c1-13-22-17(26(25-13)23-24-16-6-4-5-7-21(16)30-23)10-15(11-18(22)27)14-8-9-19(28-2)20(12-14)29-3/h4-9,12,15H,10-11H2,1-3H3. The Hall–Kier alpha value is -3.19. The number of rotatable bonds is 4. The van der Waals surface area contributed by atoms with Crippen LogP contribution in [0.25, 0.3) is 15.3 Å². The number of hydrogen-bond donors (Lipinski definition) is 0. The molecule has 1 aliphatic rings. The minimum absolute atomic E-state index is 0.0500. The second kappa shape index (κ2) is 7.25. The summed E-state index contributed by atoms with van der Waals surface area (Å²) < 4.78 is 13.8. The fourth-order valence-electron chi connectivity index (χ4n) is 4.21. The monoisotopic (exact) mass is 419 g/mol. The Kier molecular flexibility index (Phi) is 4.55. The molecule has 2 aromatic heterocycles. The molecule has 0 radical (unpaired) electrons. The van der Waals surface area contributed by atoms with Crippen LogP contribution in [0.3, 0.4) is 0 Å². The van der Waals surface area contributed by atoms with Crippen molar-refractivity contribution in [1.82, 2.24) is 14.8 Å². The Labute approximate surface area is 178 Å². The van der Waals surface area contributed by atoms with E-state index in [1.165, 1.54) is 0 Å². The van der Waals surface area contributed by atoms with Crippen LogP contribution in [-0.2, 0) is 6.42 Å². The predicted octanol–water partition coefficient (Wildman–Crippen LogP) is 4.72. The van der Waals surface area contributed by atoms with E-state index >= 15 is 0 Å². The van der Waals surface area contributed by atoms with Crippen molar-refractivity contribution >= 4 is 27.3 Å². The summed E-state index contributed by atoms with van der Waals surface area (Å²) >= 11 is 1.59. The molecule has 2 aromatic carbocycles. The van der Waals surface area contributed by atoms with Crippen LogP contribution in [0.4, 0.5) is 0 Å². The lowest BCUT2D eigenvalue weighted by atomic mass is 9.81. The predicted molar refractivity (Wildman–Crippen MR) is 116 cm³/mol. The van der Waals surface area contributed by atoms with Crippen LogP contribution < -0.4 is 9.47 Å². The third-order valence-corrected chi connectivity index (χ3v) is 6.66. The number of ether oxygens (including phenoxy) is 2. The molecule has 152 valence electrons. The van der Waals surface area contributed by atoms with Crippen molar-refractivity contribution < 1.29 is 14.3 Å². The lowest BCUT2D eigenvalue weighted by Gasteiger charge is -2.23. The summed E-state index contributed by atoms with van der Waals surface area (Å²) in [7, 11) is 3.24. The topological polar surface area (TPSA) is 66.2 Å². The van der Waals surface area contributed by atoms with Crippen LogP contribution in [0.5, 0.6) is 11.5 Å².